The van der Waals surface area contributed by atoms with Gasteiger partial charge in [-0.2, -0.15) is 0 Å². The Kier molecular flexibility index (Phi) is 4.82. The number of hydrogen-bond acceptors (Lipinski definition) is 4. The van der Waals surface area contributed by atoms with Crippen LogP contribution in [0.2, 0.25) is 0 Å². The van der Waals surface area contributed by atoms with Crippen molar-refractivity contribution in [3.05, 3.63) is 53.6 Å². The molecule has 0 atom stereocenters. The number of Topliss-reactive ketones (excluding diaryl/α,β-unsaturated/α-hetero) is 1. The second kappa shape index (κ2) is 6.79. The van der Waals surface area contributed by atoms with E-state index in [0.717, 1.165) is 11.3 Å². The molecule has 0 aliphatic heterocycles. The fourth-order valence-corrected chi connectivity index (χ4v) is 2.10. The third kappa shape index (κ3) is 3.75. The fourth-order valence-electron chi connectivity index (χ4n) is 2.10. The lowest BCUT2D eigenvalue weighted by Gasteiger charge is -2.07. The van der Waals surface area contributed by atoms with E-state index in [9.17, 15) is 4.79 Å². The van der Waals surface area contributed by atoms with E-state index in [1.807, 2.05) is 24.3 Å². The Bertz CT molecular complexity index is 620. The lowest BCUT2D eigenvalue weighted by Crippen LogP contribution is -2.03. The average Bonchev–Trinajstić information content (AvgIpc) is 2.53. The number of ether oxygens (including phenoxy) is 2. The third-order valence-corrected chi connectivity index (χ3v) is 3.35. The maximum absolute atomic E-state index is 12.2. The Balaban J connectivity index is 1.99. The van der Waals surface area contributed by atoms with Crippen LogP contribution in [0.4, 0.5) is 5.69 Å². The standard InChI is InChI=1S/C17H19NO3/c1-20-14-7-3-12(4-8-14)5-9-16(19)13-6-10-17(21-2)15(18)11-13/h3-4,6-8,10-11H,5,9,18H2,1-2H3. The normalized spacial score (nSPS) is 10.2. The Morgan fingerprint density at radius 2 is 1.76 bits per heavy atom. The van der Waals surface area contributed by atoms with Gasteiger partial charge in [0.1, 0.15) is 11.5 Å². The number of nitrogen functional groups attached to an aromatic ring is 1. The van der Waals surface area contributed by atoms with Gasteiger partial charge >= 0.3 is 0 Å². The van der Waals surface area contributed by atoms with Gasteiger partial charge < -0.3 is 15.2 Å². The van der Waals surface area contributed by atoms with Crippen LogP contribution >= 0.6 is 0 Å². The van der Waals surface area contributed by atoms with Crippen molar-refractivity contribution in [3.63, 3.8) is 0 Å². The van der Waals surface area contributed by atoms with Crippen LogP contribution in [0, 0.1) is 0 Å². The van der Waals surface area contributed by atoms with E-state index in [2.05, 4.69) is 0 Å². The van der Waals surface area contributed by atoms with E-state index < -0.39 is 0 Å². The highest BCUT2D eigenvalue weighted by Gasteiger charge is 2.09. The number of ketones is 1. The van der Waals surface area contributed by atoms with Crippen molar-refractivity contribution in [2.45, 2.75) is 12.8 Å². The van der Waals surface area contributed by atoms with Gasteiger partial charge in [-0.05, 0) is 42.3 Å². The first-order valence-corrected chi connectivity index (χ1v) is 6.73. The summed E-state index contributed by atoms with van der Waals surface area (Å²) < 4.78 is 10.2. The van der Waals surface area contributed by atoms with Crippen LogP contribution in [-0.2, 0) is 6.42 Å². The van der Waals surface area contributed by atoms with Gasteiger partial charge in [-0.3, -0.25) is 4.79 Å². The van der Waals surface area contributed by atoms with Gasteiger partial charge in [0.05, 0.1) is 19.9 Å². The molecule has 0 unspecified atom stereocenters. The Labute approximate surface area is 124 Å². The summed E-state index contributed by atoms with van der Waals surface area (Å²) in [7, 11) is 3.18. The lowest BCUT2D eigenvalue weighted by molar-refractivity contribution is 0.0983. The van der Waals surface area contributed by atoms with Gasteiger partial charge in [0.25, 0.3) is 0 Å². The smallest absolute Gasteiger partial charge is 0.163 e. The molecule has 2 aromatic carbocycles. The number of aryl methyl sites for hydroxylation is 1. The predicted octanol–water partition coefficient (Wildman–Crippen LogP) is 3.10. The Morgan fingerprint density at radius 3 is 2.33 bits per heavy atom. The first-order valence-electron chi connectivity index (χ1n) is 6.73. The van der Waals surface area contributed by atoms with Crippen LogP contribution in [0.25, 0.3) is 0 Å². The lowest BCUT2D eigenvalue weighted by atomic mass is 10.0. The van der Waals surface area contributed by atoms with E-state index >= 15 is 0 Å². The molecule has 0 spiro atoms. The van der Waals surface area contributed by atoms with E-state index in [1.165, 1.54) is 0 Å². The van der Waals surface area contributed by atoms with E-state index in [4.69, 9.17) is 15.2 Å². The topological polar surface area (TPSA) is 61.5 Å². The molecule has 0 amide bonds. The fraction of sp³-hybridized carbons (Fsp3) is 0.235. The molecule has 0 aliphatic rings. The Hall–Kier alpha value is -2.49. The van der Waals surface area contributed by atoms with E-state index in [1.54, 1.807) is 32.4 Å². The molecule has 4 heteroatoms. The van der Waals surface area contributed by atoms with Gasteiger partial charge in [-0.25, -0.2) is 0 Å². The van der Waals surface area contributed by atoms with Crippen LogP contribution in [0.3, 0.4) is 0 Å². The van der Waals surface area contributed by atoms with Crippen LogP contribution < -0.4 is 15.2 Å². The molecule has 0 heterocycles. The quantitative estimate of drug-likeness (QED) is 0.654. The number of rotatable bonds is 6. The van der Waals surface area contributed by atoms with Crippen LogP contribution in [0.15, 0.2) is 42.5 Å². The highest BCUT2D eigenvalue weighted by Crippen LogP contribution is 2.23. The monoisotopic (exact) mass is 285 g/mol. The summed E-state index contributed by atoms with van der Waals surface area (Å²) in [5, 5.41) is 0. The number of hydrogen-bond donors (Lipinski definition) is 1. The maximum Gasteiger partial charge on any atom is 0.163 e. The van der Waals surface area contributed by atoms with Crippen LogP contribution in [0.1, 0.15) is 22.3 Å². The molecule has 0 aromatic heterocycles. The van der Waals surface area contributed by atoms with Crippen molar-refractivity contribution in [1.29, 1.82) is 0 Å². The molecule has 2 N–H and O–H groups in total. The summed E-state index contributed by atoms with van der Waals surface area (Å²) >= 11 is 0. The minimum Gasteiger partial charge on any atom is -0.497 e. The highest BCUT2D eigenvalue weighted by atomic mass is 16.5. The minimum atomic E-state index is 0.0696. The van der Waals surface area contributed by atoms with Crippen molar-refractivity contribution in [2.24, 2.45) is 0 Å². The molecule has 110 valence electrons. The first-order chi connectivity index (χ1) is 10.1. The first kappa shape index (κ1) is 14.9. The number of carbonyl (C=O) groups excluding carboxylic acids is 1. The van der Waals surface area contributed by atoms with Gasteiger partial charge in [0.2, 0.25) is 0 Å². The summed E-state index contributed by atoms with van der Waals surface area (Å²) in [5.74, 6) is 1.47. The van der Waals surface area contributed by atoms with Crippen molar-refractivity contribution >= 4 is 11.5 Å². The number of benzene rings is 2. The molecule has 0 radical (unpaired) electrons. The molecule has 0 aliphatic carbocycles. The summed E-state index contributed by atoms with van der Waals surface area (Å²) in [6.07, 6.45) is 1.13. The molecule has 21 heavy (non-hydrogen) atoms. The SMILES string of the molecule is COc1ccc(CCC(=O)c2ccc(OC)c(N)c2)cc1. The second-order valence-corrected chi connectivity index (χ2v) is 4.73. The van der Waals surface area contributed by atoms with Crippen LogP contribution in [0.5, 0.6) is 11.5 Å². The number of nitrogens with two attached hydrogens (primary N) is 1. The molecule has 0 fully saturated rings. The average molecular weight is 285 g/mol. The summed E-state index contributed by atoms with van der Waals surface area (Å²) in [6, 6.07) is 12.8. The zero-order chi connectivity index (χ0) is 15.2. The maximum atomic E-state index is 12.2. The third-order valence-electron chi connectivity index (χ3n) is 3.35. The zero-order valence-electron chi connectivity index (χ0n) is 12.3. The van der Waals surface area contributed by atoms with Gasteiger partial charge in [-0.15, -0.1) is 0 Å². The predicted molar refractivity (Wildman–Crippen MR) is 83.1 cm³/mol. The Morgan fingerprint density at radius 1 is 1.05 bits per heavy atom. The van der Waals surface area contributed by atoms with Crippen molar-refractivity contribution in [2.75, 3.05) is 20.0 Å². The zero-order valence-corrected chi connectivity index (χ0v) is 12.3. The minimum absolute atomic E-state index is 0.0696. The van der Waals surface area contributed by atoms with E-state index in [-0.39, 0.29) is 5.78 Å². The number of anilines is 1. The summed E-state index contributed by atoms with van der Waals surface area (Å²) in [6.45, 7) is 0. The second-order valence-electron chi connectivity index (χ2n) is 4.73. The number of carbonyl (C=O) groups is 1. The van der Waals surface area contributed by atoms with Gasteiger partial charge in [0.15, 0.2) is 5.78 Å². The van der Waals surface area contributed by atoms with Gasteiger partial charge in [-0.1, -0.05) is 12.1 Å². The molecule has 4 nitrogen and oxygen atoms in total. The van der Waals surface area contributed by atoms with Crippen molar-refractivity contribution in [1.82, 2.24) is 0 Å². The number of methoxy groups -OCH3 is 2. The van der Waals surface area contributed by atoms with Crippen LogP contribution in [-0.4, -0.2) is 20.0 Å². The van der Waals surface area contributed by atoms with Crippen molar-refractivity contribution in [3.8, 4) is 11.5 Å². The summed E-state index contributed by atoms with van der Waals surface area (Å²) in [5.41, 5.74) is 8.01. The van der Waals surface area contributed by atoms with E-state index in [0.29, 0.717) is 29.8 Å². The highest BCUT2D eigenvalue weighted by molar-refractivity contribution is 5.97. The molecule has 0 bridgehead atoms. The summed E-state index contributed by atoms with van der Waals surface area (Å²) in [4.78, 5) is 12.2. The molecule has 2 rings (SSSR count). The largest absolute Gasteiger partial charge is 0.497 e. The molecule has 2 aromatic rings. The van der Waals surface area contributed by atoms with Gasteiger partial charge in [0, 0.05) is 12.0 Å². The molecule has 0 saturated heterocycles. The van der Waals surface area contributed by atoms with Crippen molar-refractivity contribution < 1.29 is 14.3 Å². The molecular weight excluding hydrogens is 266 g/mol. The molecule has 0 saturated carbocycles. The molecular formula is C17H19NO3.